The van der Waals surface area contributed by atoms with Gasteiger partial charge in [-0.05, 0) is 91.7 Å². The second kappa shape index (κ2) is 13.7. The Labute approximate surface area is 319 Å². The van der Waals surface area contributed by atoms with Crippen molar-refractivity contribution in [3.05, 3.63) is 212 Å². The average Bonchev–Trinajstić information content (AvgIpc) is 3.64. The van der Waals surface area contributed by atoms with E-state index in [1.165, 1.54) is 81.1 Å². The molecule has 0 aliphatic rings. The van der Waals surface area contributed by atoms with Crippen molar-refractivity contribution in [3.8, 4) is 44.5 Å². The number of rotatable bonds is 7. The van der Waals surface area contributed by atoms with Crippen molar-refractivity contribution in [1.82, 2.24) is 0 Å². The lowest BCUT2D eigenvalue weighted by Gasteiger charge is -2.27. The summed E-state index contributed by atoms with van der Waals surface area (Å²) in [5.41, 5.74) is 13.2. The molecular weight excluding hydrogens is 671 g/mol. The van der Waals surface area contributed by atoms with Gasteiger partial charge >= 0.3 is 0 Å². The summed E-state index contributed by atoms with van der Waals surface area (Å²) in [6.07, 6.45) is 0. The summed E-state index contributed by atoms with van der Waals surface area (Å²) < 4.78 is 2.58. The molecule has 10 aromatic rings. The van der Waals surface area contributed by atoms with Crippen molar-refractivity contribution in [3.63, 3.8) is 0 Å². The molecule has 0 saturated heterocycles. The van der Waals surface area contributed by atoms with Crippen LogP contribution in [0.4, 0.5) is 17.1 Å². The minimum atomic E-state index is 1.11. The maximum atomic E-state index is 2.42. The summed E-state index contributed by atoms with van der Waals surface area (Å²) >= 11 is 1.86. The van der Waals surface area contributed by atoms with Crippen LogP contribution in [0.25, 0.3) is 75.5 Å². The van der Waals surface area contributed by atoms with Gasteiger partial charge in [0.25, 0.3) is 0 Å². The number of hydrogen-bond donors (Lipinski definition) is 0. The molecule has 1 heterocycles. The van der Waals surface area contributed by atoms with Crippen LogP contribution in [0, 0.1) is 0 Å². The molecule has 0 radical (unpaired) electrons. The highest BCUT2D eigenvalue weighted by Gasteiger charge is 2.19. The summed E-state index contributed by atoms with van der Waals surface area (Å²) in [6.45, 7) is 0. The van der Waals surface area contributed by atoms with E-state index >= 15 is 0 Å². The third kappa shape index (κ3) is 5.65. The van der Waals surface area contributed by atoms with Crippen molar-refractivity contribution in [2.75, 3.05) is 4.90 Å². The van der Waals surface area contributed by atoms with Gasteiger partial charge in [-0.2, -0.15) is 0 Å². The second-order valence-corrected chi connectivity index (χ2v) is 14.7. The fourth-order valence-electron chi connectivity index (χ4n) is 7.95. The first-order valence-corrected chi connectivity index (χ1v) is 19.2. The van der Waals surface area contributed by atoms with Crippen molar-refractivity contribution >= 4 is 59.3 Å². The normalized spacial score (nSPS) is 11.3. The van der Waals surface area contributed by atoms with Crippen LogP contribution in [-0.4, -0.2) is 0 Å². The van der Waals surface area contributed by atoms with E-state index in [0.717, 1.165) is 11.4 Å². The molecule has 1 nitrogen and oxygen atoms in total. The molecule has 54 heavy (non-hydrogen) atoms. The second-order valence-electron chi connectivity index (χ2n) is 13.7. The van der Waals surface area contributed by atoms with Crippen LogP contribution in [0.1, 0.15) is 0 Å². The Balaban J connectivity index is 1.12. The lowest BCUT2D eigenvalue weighted by molar-refractivity contribution is 1.30. The molecule has 0 saturated carbocycles. The monoisotopic (exact) mass is 705 g/mol. The highest BCUT2D eigenvalue weighted by Crippen LogP contribution is 2.46. The fraction of sp³-hybridized carbons (Fsp3) is 0. The molecule has 0 fully saturated rings. The lowest BCUT2D eigenvalue weighted by Crippen LogP contribution is -2.10. The first-order valence-electron chi connectivity index (χ1n) is 18.4. The molecule has 0 atom stereocenters. The molecule has 9 aromatic carbocycles. The maximum absolute atomic E-state index is 2.42. The minimum absolute atomic E-state index is 1.11. The molecular formula is C52H35NS. The SMILES string of the molecule is c1ccc(-c2ccccc2-c2ccc(N(c3ccc(-c4ccc5ccccc5c4-c4ccccc4)cc3)c3cccc4c3sc3ccccc34)cc2)cc1. The molecule has 0 aliphatic heterocycles. The van der Waals surface area contributed by atoms with Gasteiger partial charge in [-0.1, -0.05) is 176 Å². The van der Waals surface area contributed by atoms with Crippen molar-refractivity contribution < 1.29 is 0 Å². The number of hydrogen-bond acceptors (Lipinski definition) is 2. The Morgan fingerprint density at radius 2 is 0.833 bits per heavy atom. The molecule has 0 aliphatic carbocycles. The molecule has 0 unspecified atom stereocenters. The van der Waals surface area contributed by atoms with Gasteiger partial charge in [0.05, 0.1) is 10.4 Å². The van der Waals surface area contributed by atoms with Gasteiger partial charge in [0, 0.05) is 26.8 Å². The Morgan fingerprint density at radius 3 is 1.52 bits per heavy atom. The summed E-state index contributed by atoms with van der Waals surface area (Å²) in [6, 6.07) is 77.0. The van der Waals surface area contributed by atoms with Crippen molar-refractivity contribution in [1.29, 1.82) is 0 Å². The first-order chi connectivity index (χ1) is 26.8. The number of nitrogens with zero attached hydrogens (tertiary/aromatic N) is 1. The van der Waals surface area contributed by atoms with E-state index in [1.54, 1.807) is 0 Å². The van der Waals surface area contributed by atoms with Crippen LogP contribution >= 0.6 is 11.3 Å². The van der Waals surface area contributed by atoms with Crippen LogP contribution in [0.15, 0.2) is 212 Å². The number of thiophene rings is 1. The molecule has 0 N–H and O–H groups in total. The molecule has 0 spiro atoms. The number of benzene rings is 9. The smallest absolute Gasteiger partial charge is 0.0640 e. The van der Waals surface area contributed by atoms with Gasteiger partial charge in [0.15, 0.2) is 0 Å². The predicted molar refractivity (Wildman–Crippen MR) is 233 cm³/mol. The zero-order chi connectivity index (χ0) is 35.8. The lowest BCUT2D eigenvalue weighted by atomic mass is 9.90. The summed E-state index contributed by atoms with van der Waals surface area (Å²) in [4.78, 5) is 2.42. The molecule has 1 aromatic heterocycles. The van der Waals surface area contributed by atoms with E-state index in [4.69, 9.17) is 0 Å². The molecule has 2 heteroatoms. The Hall–Kier alpha value is -6.74. The predicted octanol–water partition coefficient (Wildman–Crippen LogP) is 15.3. The zero-order valence-electron chi connectivity index (χ0n) is 29.6. The third-order valence-electron chi connectivity index (χ3n) is 10.5. The van der Waals surface area contributed by atoms with Gasteiger partial charge < -0.3 is 4.90 Å². The Bertz CT molecular complexity index is 2910. The summed E-state index contributed by atoms with van der Waals surface area (Å²) in [5, 5.41) is 5.09. The van der Waals surface area contributed by atoms with Gasteiger partial charge in [0.1, 0.15) is 0 Å². The van der Waals surface area contributed by atoms with E-state index < -0.39 is 0 Å². The molecule has 0 bridgehead atoms. The van der Waals surface area contributed by atoms with E-state index in [-0.39, 0.29) is 0 Å². The van der Waals surface area contributed by atoms with Gasteiger partial charge in [0.2, 0.25) is 0 Å². The largest absolute Gasteiger partial charge is 0.309 e. The van der Waals surface area contributed by atoms with Crippen LogP contribution in [0.2, 0.25) is 0 Å². The van der Waals surface area contributed by atoms with E-state index in [9.17, 15) is 0 Å². The van der Waals surface area contributed by atoms with Crippen LogP contribution in [0.3, 0.4) is 0 Å². The first kappa shape index (κ1) is 32.0. The highest BCUT2D eigenvalue weighted by atomic mass is 32.1. The zero-order valence-corrected chi connectivity index (χ0v) is 30.4. The van der Waals surface area contributed by atoms with Gasteiger partial charge in [-0.25, -0.2) is 0 Å². The third-order valence-corrected chi connectivity index (χ3v) is 11.7. The summed E-state index contributed by atoms with van der Waals surface area (Å²) in [7, 11) is 0. The minimum Gasteiger partial charge on any atom is -0.309 e. The average molecular weight is 706 g/mol. The van der Waals surface area contributed by atoms with E-state index in [0.29, 0.717) is 0 Å². The molecule has 254 valence electrons. The Morgan fingerprint density at radius 1 is 0.315 bits per heavy atom. The topological polar surface area (TPSA) is 3.24 Å². The van der Waals surface area contributed by atoms with Crippen molar-refractivity contribution in [2.45, 2.75) is 0 Å². The number of fused-ring (bicyclic) bond motifs is 4. The van der Waals surface area contributed by atoms with Crippen LogP contribution in [-0.2, 0) is 0 Å². The van der Waals surface area contributed by atoms with Gasteiger partial charge in [-0.3, -0.25) is 0 Å². The van der Waals surface area contributed by atoms with Crippen LogP contribution in [0.5, 0.6) is 0 Å². The Kier molecular flexibility index (Phi) is 8.09. The number of anilines is 3. The fourth-order valence-corrected chi connectivity index (χ4v) is 9.15. The highest BCUT2D eigenvalue weighted by molar-refractivity contribution is 7.26. The van der Waals surface area contributed by atoms with E-state index in [1.807, 2.05) is 11.3 Å². The van der Waals surface area contributed by atoms with Crippen molar-refractivity contribution in [2.24, 2.45) is 0 Å². The van der Waals surface area contributed by atoms with Crippen LogP contribution < -0.4 is 4.90 Å². The summed E-state index contributed by atoms with van der Waals surface area (Å²) in [5.74, 6) is 0. The quantitative estimate of drug-likeness (QED) is 0.160. The standard InChI is InChI=1S/C52H35NS/c1-3-14-36(15-4-1)43-19-9-10-20-44(43)38-26-31-41(32-27-38)53(49-24-13-23-48-47-22-11-12-25-50(47)54-52(48)49)42-33-28-39(29-34-42)46-35-30-37-16-7-8-21-45(37)51(46)40-17-5-2-6-18-40/h1-35H. The maximum Gasteiger partial charge on any atom is 0.0640 e. The molecule has 0 amide bonds. The molecule has 10 rings (SSSR count). The van der Waals surface area contributed by atoms with Gasteiger partial charge in [-0.15, -0.1) is 11.3 Å². The van der Waals surface area contributed by atoms with E-state index in [2.05, 4.69) is 217 Å².